The summed E-state index contributed by atoms with van der Waals surface area (Å²) in [6, 6.07) is 6.17. The van der Waals surface area contributed by atoms with Crippen molar-refractivity contribution < 1.29 is 22.3 Å². The maximum Gasteiger partial charge on any atom is 0.389 e. The Bertz CT molecular complexity index is 409. The van der Waals surface area contributed by atoms with E-state index in [9.17, 15) is 17.6 Å². The van der Waals surface area contributed by atoms with Crippen molar-refractivity contribution in [3.63, 3.8) is 0 Å². The summed E-state index contributed by atoms with van der Waals surface area (Å²) >= 11 is 0. The van der Waals surface area contributed by atoms with Gasteiger partial charge >= 0.3 is 6.18 Å². The van der Waals surface area contributed by atoms with E-state index < -0.39 is 24.5 Å². The zero-order valence-corrected chi connectivity index (χ0v) is 12.0. The van der Waals surface area contributed by atoms with E-state index in [0.717, 1.165) is 13.0 Å². The lowest BCUT2D eigenvalue weighted by Gasteiger charge is -2.20. The van der Waals surface area contributed by atoms with Crippen molar-refractivity contribution in [1.29, 1.82) is 0 Å². The third-order valence-electron chi connectivity index (χ3n) is 2.93. The summed E-state index contributed by atoms with van der Waals surface area (Å²) in [4.78, 5) is 0. The van der Waals surface area contributed by atoms with E-state index in [1.807, 2.05) is 6.92 Å². The van der Waals surface area contributed by atoms with Crippen LogP contribution >= 0.6 is 0 Å². The molecule has 1 aromatic carbocycles. The van der Waals surface area contributed by atoms with E-state index >= 15 is 0 Å². The van der Waals surface area contributed by atoms with E-state index in [4.69, 9.17) is 4.74 Å². The number of nitrogens with one attached hydrogen (secondary N) is 1. The average molecular weight is 307 g/mol. The monoisotopic (exact) mass is 307 g/mol. The zero-order chi connectivity index (χ0) is 15.7. The minimum atomic E-state index is -4.18. The van der Waals surface area contributed by atoms with Crippen LogP contribution in [-0.4, -0.2) is 25.9 Å². The molecule has 1 aromatic rings. The van der Waals surface area contributed by atoms with Gasteiger partial charge < -0.3 is 10.1 Å². The van der Waals surface area contributed by atoms with Crippen molar-refractivity contribution in [3.05, 3.63) is 35.6 Å². The van der Waals surface area contributed by atoms with Gasteiger partial charge in [0, 0.05) is 25.1 Å². The molecule has 1 rings (SSSR count). The van der Waals surface area contributed by atoms with Crippen LogP contribution < -0.4 is 5.32 Å². The van der Waals surface area contributed by atoms with Crippen LogP contribution in [0.15, 0.2) is 24.3 Å². The molecule has 0 spiro atoms. The Labute approximate surface area is 122 Å². The molecule has 0 fully saturated rings. The topological polar surface area (TPSA) is 21.3 Å². The molecule has 2 nitrogen and oxygen atoms in total. The summed E-state index contributed by atoms with van der Waals surface area (Å²) in [6.45, 7) is 3.07. The normalized spacial score (nSPS) is 13.4. The Morgan fingerprint density at radius 1 is 1.24 bits per heavy atom. The standard InChI is InChI=1S/C15H21F4NO/c1-2-9-20-11-14(12-6-3-4-7-13(12)16)21-10-5-8-15(17,18)19/h3-4,6-7,14,20H,2,5,8-11H2,1H3. The highest BCUT2D eigenvalue weighted by atomic mass is 19.4. The van der Waals surface area contributed by atoms with Gasteiger partial charge in [-0.3, -0.25) is 0 Å². The fourth-order valence-electron chi connectivity index (χ4n) is 1.90. The second kappa shape index (κ2) is 9.00. The molecule has 1 atom stereocenters. The molecule has 120 valence electrons. The molecule has 1 unspecified atom stereocenters. The Morgan fingerprint density at radius 3 is 2.57 bits per heavy atom. The van der Waals surface area contributed by atoms with E-state index in [2.05, 4.69) is 5.32 Å². The first-order valence-electron chi connectivity index (χ1n) is 7.07. The smallest absolute Gasteiger partial charge is 0.372 e. The third kappa shape index (κ3) is 7.43. The molecule has 0 aliphatic heterocycles. The summed E-state index contributed by atoms with van der Waals surface area (Å²) in [5.41, 5.74) is 0.369. The highest BCUT2D eigenvalue weighted by molar-refractivity contribution is 5.20. The molecule has 0 saturated carbocycles. The van der Waals surface area contributed by atoms with Crippen LogP contribution in [0.5, 0.6) is 0 Å². The minimum absolute atomic E-state index is 0.0493. The first-order valence-corrected chi connectivity index (χ1v) is 7.07. The Kier molecular flexibility index (Phi) is 7.67. The Hall–Kier alpha value is -1.14. The van der Waals surface area contributed by atoms with E-state index in [-0.39, 0.29) is 13.0 Å². The van der Waals surface area contributed by atoms with Gasteiger partial charge in [-0.25, -0.2) is 4.39 Å². The molecule has 0 radical (unpaired) electrons. The minimum Gasteiger partial charge on any atom is -0.372 e. The number of hydrogen-bond donors (Lipinski definition) is 1. The fraction of sp³-hybridized carbons (Fsp3) is 0.600. The average Bonchev–Trinajstić information content (AvgIpc) is 2.41. The molecule has 1 N–H and O–H groups in total. The lowest BCUT2D eigenvalue weighted by Crippen LogP contribution is -2.25. The molecular formula is C15H21F4NO. The molecule has 0 amide bonds. The molecule has 0 bridgehead atoms. The maximum atomic E-state index is 13.8. The van der Waals surface area contributed by atoms with Gasteiger partial charge in [0.15, 0.2) is 0 Å². The first kappa shape index (κ1) is 17.9. The maximum absolute atomic E-state index is 13.8. The largest absolute Gasteiger partial charge is 0.389 e. The van der Waals surface area contributed by atoms with Crippen LogP contribution in [0.4, 0.5) is 17.6 Å². The number of rotatable bonds is 9. The molecule has 0 aliphatic rings. The highest BCUT2D eigenvalue weighted by Gasteiger charge is 2.26. The number of hydrogen-bond acceptors (Lipinski definition) is 2. The van der Waals surface area contributed by atoms with Crippen molar-refractivity contribution >= 4 is 0 Å². The van der Waals surface area contributed by atoms with Gasteiger partial charge in [0.2, 0.25) is 0 Å². The quantitative estimate of drug-likeness (QED) is 0.544. The summed E-state index contributed by atoms with van der Waals surface area (Å²) in [6.07, 6.45) is -4.86. The zero-order valence-electron chi connectivity index (χ0n) is 12.0. The van der Waals surface area contributed by atoms with Gasteiger partial charge in [-0.15, -0.1) is 0 Å². The van der Waals surface area contributed by atoms with Crippen molar-refractivity contribution in [2.24, 2.45) is 0 Å². The van der Waals surface area contributed by atoms with Crippen molar-refractivity contribution in [1.82, 2.24) is 5.32 Å². The summed E-state index contributed by atoms with van der Waals surface area (Å²) < 4.78 is 55.5. The molecule has 6 heteroatoms. The number of ether oxygens (including phenoxy) is 1. The molecule has 21 heavy (non-hydrogen) atoms. The summed E-state index contributed by atoms with van der Waals surface area (Å²) in [5.74, 6) is -0.406. The lowest BCUT2D eigenvalue weighted by molar-refractivity contribution is -0.139. The van der Waals surface area contributed by atoms with Gasteiger partial charge in [0.25, 0.3) is 0 Å². The predicted octanol–water partition coefficient (Wildman–Crippen LogP) is 4.23. The number of halogens is 4. The number of benzene rings is 1. The van der Waals surface area contributed by atoms with Gasteiger partial charge in [-0.2, -0.15) is 13.2 Å². The SMILES string of the molecule is CCCNCC(OCCCC(F)(F)F)c1ccccc1F. The second-order valence-corrected chi connectivity index (χ2v) is 4.80. The fourth-order valence-corrected chi connectivity index (χ4v) is 1.90. The molecular weight excluding hydrogens is 286 g/mol. The molecule has 0 saturated heterocycles. The number of alkyl halides is 3. The van der Waals surface area contributed by atoms with Gasteiger partial charge in [0.1, 0.15) is 5.82 Å². The van der Waals surface area contributed by atoms with Gasteiger partial charge in [0.05, 0.1) is 6.10 Å². The third-order valence-corrected chi connectivity index (χ3v) is 2.93. The second-order valence-electron chi connectivity index (χ2n) is 4.80. The van der Waals surface area contributed by atoms with Crippen molar-refractivity contribution in [2.75, 3.05) is 19.7 Å². The molecule has 0 aromatic heterocycles. The first-order chi connectivity index (χ1) is 9.94. The molecule has 0 aliphatic carbocycles. The summed E-state index contributed by atoms with van der Waals surface area (Å²) in [7, 11) is 0. The van der Waals surface area contributed by atoms with Crippen LogP contribution in [0.3, 0.4) is 0 Å². The van der Waals surface area contributed by atoms with Crippen molar-refractivity contribution in [2.45, 2.75) is 38.5 Å². The summed E-state index contributed by atoms with van der Waals surface area (Å²) in [5, 5.41) is 3.10. The Balaban J connectivity index is 2.55. The van der Waals surface area contributed by atoms with Gasteiger partial charge in [-0.1, -0.05) is 25.1 Å². The Morgan fingerprint density at radius 2 is 1.95 bits per heavy atom. The predicted molar refractivity (Wildman–Crippen MR) is 73.5 cm³/mol. The lowest BCUT2D eigenvalue weighted by atomic mass is 10.1. The van der Waals surface area contributed by atoms with Crippen molar-refractivity contribution in [3.8, 4) is 0 Å². The van der Waals surface area contributed by atoms with Crippen LogP contribution in [-0.2, 0) is 4.74 Å². The van der Waals surface area contributed by atoms with Crippen LogP contribution in [0.25, 0.3) is 0 Å². The van der Waals surface area contributed by atoms with Crippen LogP contribution in [0, 0.1) is 5.82 Å². The van der Waals surface area contributed by atoms with Crippen LogP contribution in [0.2, 0.25) is 0 Å². The van der Waals surface area contributed by atoms with E-state index in [0.29, 0.717) is 12.1 Å². The van der Waals surface area contributed by atoms with E-state index in [1.54, 1.807) is 18.2 Å². The molecule has 0 heterocycles. The van der Waals surface area contributed by atoms with Gasteiger partial charge in [-0.05, 0) is 25.5 Å². The highest BCUT2D eigenvalue weighted by Crippen LogP contribution is 2.24. The van der Waals surface area contributed by atoms with E-state index in [1.165, 1.54) is 6.07 Å². The van der Waals surface area contributed by atoms with Crippen LogP contribution in [0.1, 0.15) is 37.9 Å².